The average Bonchev–Trinajstić information content (AvgIpc) is 3.47. The first kappa shape index (κ1) is 15.4. The van der Waals surface area contributed by atoms with E-state index in [4.69, 9.17) is 5.73 Å². The number of aromatic nitrogens is 2. The molecule has 2 aromatic heterocycles. The summed E-state index contributed by atoms with van der Waals surface area (Å²) in [6, 6.07) is 9.04. The standard InChI is InChI=1S/C19H25N5/c1-21-16-6-8-24(9-7-16)19-5-4-14(12-22-19)17-10-15(13-2-3-13)11-18(20)23-17/h4-5,10-13,16,21H,2-3,6-9H2,1H3,(H2,20,23). The molecule has 1 aliphatic heterocycles. The lowest BCUT2D eigenvalue weighted by Gasteiger charge is -2.32. The molecule has 2 aliphatic rings. The minimum absolute atomic E-state index is 0.604. The monoisotopic (exact) mass is 323 g/mol. The topological polar surface area (TPSA) is 67.1 Å². The van der Waals surface area contributed by atoms with Gasteiger partial charge in [-0.1, -0.05) is 0 Å². The second-order valence-corrected chi connectivity index (χ2v) is 6.94. The average molecular weight is 323 g/mol. The molecular weight excluding hydrogens is 298 g/mol. The smallest absolute Gasteiger partial charge is 0.128 e. The largest absolute Gasteiger partial charge is 0.384 e. The van der Waals surface area contributed by atoms with Gasteiger partial charge in [-0.15, -0.1) is 0 Å². The number of pyridine rings is 2. The molecule has 3 N–H and O–H groups in total. The van der Waals surface area contributed by atoms with Crippen molar-refractivity contribution in [3.05, 3.63) is 36.0 Å². The SMILES string of the molecule is CNC1CCN(c2ccc(-c3cc(C4CC4)cc(N)n3)cn2)CC1. The molecule has 0 radical (unpaired) electrons. The Bertz CT molecular complexity index is 700. The summed E-state index contributed by atoms with van der Waals surface area (Å²) in [7, 11) is 2.04. The summed E-state index contributed by atoms with van der Waals surface area (Å²) in [4.78, 5) is 11.5. The first-order valence-electron chi connectivity index (χ1n) is 8.89. The fourth-order valence-corrected chi connectivity index (χ4v) is 3.50. The fourth-order valence-electron chi connectivity index (χ4n) is 3.50. The molecule has 24 heavy (non-hydrogen) atoms. The lowest BCUT2D eigenvalue weighted by Crippen LogP contribution is -2.41. The highest BCUT2D eigenvalue weighted by atomic mass is 15.2. The van der Waals surface area contributed by atoms with Gasteiger partial charge in [0.1, 0.15) is 11.6 Å². The van der Waals surface area contributed by atoms with Crippen molar-refractivity contribution in [2.24, 2.45) is 0 Å². The van der Waals surface area contributed by atoms with Crippen LogP contribution in [-0.2, 0) is 0 Å². The number of rotatable bonds is 4. The van der Waals surface area contributed by atoms with Crippen LogP contribution in [0.2, 0.25) is 0 Å². The second kappa shape index (κ2) is 6.40. The fraction of sp³-hybridized carbons (Fsp3) is 0.474. The van der Waals surface area contributed by atoms with Crippen LogP contribution in [0.1, 0.15) is 37.2 Å². The summed E-state index contributed by atoms with van der Waals surface area (Å²) in [6.45, 7) is 2.11. The van der Waals surface area contributed by atoms with Crippen LogP contribution in [0.25, 0.3) is 11.3 Å². The third kappa shape index (κ3) is 3.22. The van der Waals surface area contributed by atoms with Crippen molar-refractivity contribution in [1.29, 1.82) is 0 Å². The highest BCUT2D eigenvalue weighted by Crippen LogP contribution is 2.41. The van der Waals surface area contributed by atoms with Crippen LogP contribution in [-0.4, -0.2) is 36.1 Å². The van der Waals surface area contributed by atoms with E-state index in [0.717, 1.165) is 30.2 Å². The molecule has 0 amide bonds. The Balaban J connectivity index is 1.52. The van der Waals surface area contributed by atoms with Gasteiger partial charge in [0.15, 0.2) is 0 Å². The van der Waals surface area contributed by atoms with Crippen molar-refractivity contribution in [3.8, 4) is 11.3 Å². The van der Waals surface area contributed by atoms with Crippen molar-refractivity contribution in [3.63, 3.8) is 0 Å². The minimum atomic E-state index is 0.604. The highest BCUT2D eigenvalue weighted by Gasteiger charge is 2.24. The van der Waals surface area contributed by atoms with Gasteiger partial charge >= 0.3 is 0 Å². The molecule has 0 spiro atoms. The molecule has 1 aliphatic carbocycles. The third-order valence-corrected chi connectivity index (χ3v) is 5.19. The Hall–Kier alpha value is -2.14. The molecule has 2 aromatic rings. The Labute approximate surface area is 143 Å². The van der Waals surface area contributed by atoms with Gasteiger partial charge in [-0.3, -0.25) is 0 Å². The first-order chi connectivity index (χ1) is 11.7. The maximum atomic E-state index is 5.99. The number of nitrogens with zero attached hydrogens (tertiary/aromatic N) is 3. The van der Waals surface area contributed by atoms with Crippen LogP contribution in [0.5, 0.6) is 0 Å². The van der Waals surface area contributed by atoms with E-state index in [1.807, 2.05) is 19.3 Å². The molecule has 5 heteroatoms. The number of nitrogens with two attached hydrogens (primary N) is 1. The van der Waals surface area contributed by atoms with Gasteiger partial charge in [0, 0.05) is 30.9 Å². The Morgan fingerprint density at radius 2 is 1.92 bits per heavy atom. The van der Waals surface area contributed by atoms with E-state index < -0.39 is 0 Å². The Morgan fingerprint density at radius 1 is 1.12 bits per heavy atom. The van der Waals surface area contributed by atoms with Gasteiger partial charge in [-0.05, 0) is 68.5 Å². The molecule has 0 atom stereocenters. The van der Waals surface area contributed by atoms with Gasteiger partial charge in [-0.25, -0.2) is 9.97 Å². The van der Waals surface area contributed by atoms with E-state index >= 15 is 0 Å². The van der Waals surface area contributed by atoms with E-state index in [0.29, 0.717) is 17.8 Å². The van der Waals surface area contributed by atoms with Crippen LogP contribution in [0.15, 0.2) is 30.5 Å². The van der Waals surface area contributed by atoms with Crippen molar-refractivity contribution >= 4 is 11.6 Å². The second-order valence-electron chi connectivity index (χ2n) is 6.94. The molecule has 0 bridgehead atoms. The van der Waals surface area contributed by atoms with Gasteiger partial charge in [0.2, 0.25) is 0 Å². The summed E-state index contributed by atoms with van der Waals surface area (Å²) in [5.41, 5.74) is 9.28. The Morgan fingerprint density at radius 3 is 2.54 bits per heavy atom. The molecule has 4 rings (SSSR count). The number of anilines is 2. The predicted molar refractivity (Wildman–Crippen MR) is 98.2 cm³/mol. The van der Waals surface area contributed by atoms with Crippen LogP contribution in [0.3, 0.4) is 0 Å². The molecule has 5 nitrogen and oxygen atoms in total. The zero-order valence-corrected chi connectivity index (χ0v) is 14.2. The molecule has 3 heterocycles. The summed E-state index contributed by atoms with van der Waals surface area (Å²) in [5, 5.41) is 3.36. The van der Waals surface area contributed by atoms with Gasteiger partial charge in [0.25, 0.3) is 0 Å². The highest BCUT2D eigenvalue weighted by molar-refractivity contribution is 5.63. The predicted octanol–water partition coefficient (Wildman–Crippen LogP) is 2.79. The normalized spacial score (nSPS) is 18.8. The molecular formula is C19H25N5. The van der Waals surface area contributed by atoms with Crippen molar-refractivity contribution in [1.82, 2.24) is 15.3 Å². The summed E-state index contributed by atoms with van der Waals surface area (Å²) < 4.78 is 0. The molecule has 0 aromatic carbocycles. The number of hydrogen-bond donors (Lipinski definition) is 2. The maximum Gasteiger partial charge on any atom is 0.128 e. The number of piperidine rings is 1. The van der Waals surface area contributed by atoms with Crippen LogP contribution in [0.4, 0.5) is 11.6 Å². The van der Waals surface area contributed by atoms with E-state index in [1.54, 1.807) is 0 Å². The van der Waals surface area contributed by atoms with Crippen molar-refractivity contribution in [2.45, 2.75) is 37.6 Å². The summed E-state index contributed by atoms with van der Waals surface area (Å²) in [5.74, 6) is 2.34. The van der Waals surface area contributed by atoms with Crippen LogP contribution in [0, 0.1) is 0 Å². The van der Waals surface area contributed by atoms with Crippen molar-refractivity contribution in [2.75, 3.05) is 30.8 Å². The molecule has 1 saturated carbocycles. The molecule has 1 saturated heterocycles. The number of nitrogens with one attached hydrogen (secondary N) is 1. The Kier molecular flexibility index (Phi) is 4.10. The van der Waals surface area contributed by atoms with Gasteiger partial charge in [0.05, 0.1) is 5.69 Å². The summed E-state index contributed by atoms with van der Waals surface area (Å²) >= 11 is 0. The minimum Gasteiger partial charge on any atom is -0.384 e. The number of hydrogen-bond acceptors (Lipinski definition) is 5. The summed E-state index contributed by atoms with van der Waals surface area (Å²) in [6.07, 6.45) is 6.80. The van der Waals surface area contributed by atoms with E-state index in [-0.39, 0.29) is 0 Å². The molecule has 0 unspecified atom stereocenters. The van der Waals surface area contributed by atoms with Gasteiger partial charge in [-0.2, -0.15) is 0 Å². The van der Waals surface area contributed by atoms with Crippen molar-refractivity contribution < 1.29 is 0 Å². The van der Waals surface area contributed by atoms with E-state index in [9.17, 15) is 0 Å². The zero-order valence-electron chi connectivity index (χ0n) is 14.2. The lowest BCUT2D eigenvalue weighted by atomic mass is 10.1. The lowest BCUT2D eigenvalue weighted by molar-refractivity contribution is 0.441. The third-order valence-electron chi connectivity index (χ3n) is 5.19. The molecule has 2 fully saturated rings. The van der Waals surface area contributed by atoms with Gasteiger partial charge < -0.3 is 16.0 Å². The number of nitrogen functional groups attached to an aromatic ring is 1. The van der Waals surface area contributed by atoms with Crippen LogP contribution >= 0.6 is 0 Å². The quantitative estimate of drug-likeness (QED) is 0.905. The maximum absolute atomic E-state index is 5.99. The van der Waals surface area contributed by atoms with E-state index in [1.165, 1.54) is 31.2 Å². The van der Waals surface area contributed by atoms with E-state index in [2.05, 4.69) is 38.4 Å². The molecule has 126 valence electrons. The first-order valence-corrected chi connectivity index (χ1v) is 8.89. The zero-order chi connectivity index (χ0) is 16.5. The van der Waals surface area contributed by atoms with Crippen LogP contribution < -0.4 is 16.0 Å².